The molecule has 0 unspecified atom stereocenters. The molecule has 0 radical (unpaired) electrons. The van der Waals surface area contributed by atoms with Crippen LogP contribution in [0.2, 0.25) is 0 Å². The Labute approximate surface area is 119 Å². The highest BCUT2D eigenvalue weighted by molar-refractivity contribution is 6.10. The van der Waals surface area contributed by atoms with Gasteiger partial charge in [-0.25, -0.2) is 0 Å². The van der Waals surface area contributed by atoms with Crippen molar-refractivity contribution in [2.75, 3.05) is 5.43 Å². The predicted molar refractivity (Wildman–Crippen MR) is 62.0 cm³/mol. The van der Waals surface area contributed by atoms with Crippen LogP contribution in [-0.4, -0.2) is 17.0 Å². The summed E-state index contributed by atoms with van der Waals surface area (Å²) in [4.78, 5) is 9.26. The predicted octanol–water partition coefficient (Wildman–Crippen LogP) is 2.45. The van der Waals surface area contributed by atoms with E-state index in [9.17, 15) is 27.7 Å². The number of nitrogens with one attached hydrogen (secondary N) is 1. The maximum atomic E-state index is 13.7. The highest BCUT2D eigenvalue weighted by Crippen LogP contribution is 2.37. The number of hydrogen-bond donors (Lipinski definition) is 1. The second-order valence-corrected chi connectivity index (χ2v) is 3.38. The minimum absolute atomic E-state index is 0.564. The number of ether oxygens (including phenoxy) is 1. The number of halogens is 4. The van der Waals surface area contributed by atoms with Gasteiger partial charge in [0.05, 0.1) is 4.92 Å². The van der Waals surface area contributed by atoms with E-state index in [4.69, 9.17) is 10.5 Å². The number of nitro benzene ring substituents is 1. The Bertz CT molecular complexity index is 701. The first-order chi connectivity index (χ1) is 10.2. The third-order valence-electron chi connectivity index (χ3n) is 1.99. The number of anilines is 1. The third kappa shape index (κ3) is 4.04. The summed E-state index contributed by atoms with van der Waals surface area (Å²) in [5.41, 5.74) is -0.983. The maximum Gasteiger partial charge on any atom is 0.573 e. The van der Waals surface area contributed by atoms with Gasteiger partial charge in [0.2, 0.25) is 11.5 Å². The molecular formula is C10H3F4N5O3. The van der Waals surface area contributed by atoms with Crippen LogP contribution in [0.15, 0.2) is 17.2 Å². The lowest BCUT2D eigenvalue weighted by Crippen LogP contribution is -2.19. The highest BCUT2D eigenvalue weighted by atomic mass is 19.4. The van der Waals surface area contributed by atoms with Crippen LogP contribution in [0.3, 0.4) is 0 Å². The third-order valence-corrected chi connectivity index (χ3v) is 1.99. The topological polar surface area (TPSA) is 124 Å². The maximum absolute atomic E-state index is 13.7. The van der Waals surface area contributed by atoms with Crippen LogP contribution >= 0.6 is 0 Å². The molecular weight excluding hydrogens is 314 g/mol. The summed E-state index contributed by atoms with van der Waals surface area (Å²) >= 11 is 0. The molecule has 0 heterocycles. The molecule has 1 rings (SSSR count). The van der Waals surface area contributed by atoms with Crippen molar-refractivity contribution in [2.24, 2.45) is 5.10 Å². The Kier molecular flexibility index (Phi) is 4.81. The number of benzene rings is 1. The van der Waals surface area contributed by atoms with Crippen molar-refractivity contribution < 1.29 is 27.2 Å². The molecule has 0 aromatic heterocycles. The van der Waals surface area contributed by atoms with Gasteiger partial charge in [0.15, 0.2) is 5.75 Å². The zero-order chi connectivity index (χ0) is 16.9. The van der Waals surface area contributed by atoms with Crippen LogP contribution in [0.1, 0.15) is 0 Å². The van der Waals surface area contributed by atoms with Crippen LogP contribution in [0.25, 0.3) is 0 Å². The first-order valence-electron chi connectivity index (χ1n) is 5.06. The molecule has 22 heavy (non-hydrogen) atoms. The number of hydrazone groups is 1. The summed E-state index contributed by atoms with van der Waals surface area (Å²) in [6.07, 6.45) is -5.33. The molecule has 0 fully saturated rings. The molecule has 1 N–H and O–H groups in total. The zero-order valence-corrected chi connectivity index (χ0v) is 10.2. The molecule has 0 saturated heterocycles. The second kappa shape index (κ2) is 6.36. The van der Waals surface area contributed by atoms with Crippen molar-refractivity contribution >= 4 is 17.1 Å². The molecule has 0 aliphatic carbocycles. The summed E-state index contributed by atoms with van der Waals surface area (Å²) in [5.74, 6) is -3.43. The van der Waals surface area contributed by atoms with Gasteiger partial charge in [-0.2, -0.15) is 20.0 Å². The van der Waals surface area contributed by atoms with Crippen LogP contribution in [0.4, 0.5) is 28.9 Å². The van der Waals surface area contributed by atoms with E-state index in [1.54, 1.807) is 5.43 Å². The number of nitro groups is 1. The lowest BCUT2D eigenvalue weighted by atomic mass is 10.2. The molecule has 0 aliphatic heterocycles. The first kappa shape index (κ1) is 16.6. The average Bonchev–Trinajstić information content (AvgIpc) is 2.41. The Morgan fingerprint density at radius 2 is 1.95 bits per heavy atom. The molecule has 0 amide bonds. The van der Waals surface area contributed by atoms with E-state index >= 15 is 0 Å². The standard InChI is InChI=1S/C10H3F4N5O3/c11-8-7(19(20)21)2-1-6(9(8)22-10(12,13)14)18-17-5(3-15)4-16/h1-2,18H. The Hall–Kier alpha value is -3.41. The van der Waals surface area contributed by atoms with E-state index in [1.807, 2.05) is 0 Å². The highest BCUT2D eigenvalue weighted by Gasteiger charge is 2.36. The van der Waals surface area contributed by atoms with E-state index in [0.717, 1.165) is 0 Å². The van der Waals surface area contributed by atoms with Crippen molar-refractivity contribution in [3.05, 3.63) is 28.1 Å². The molecule has 0 spiro atoms. The molecule has 8 nitrogen and oxygen atoms in total. The van der Waals surface area contributed by atoms with E-state index in [0.29, 0.717) is 12.1 Å². The monoisotopic (exact) mass is 317 g/mol. The van der Waals surface area contributed by atoms with Gasteiger partial charge in [-0.05, 0) is 6.07 Å². The van der Waals surface area contributed by atoms with Crippen LogP contribution < -0.4 is 10.2 Å². The summed E-state index contributed by atoms with van der Waals surface area (Å²) in [5, 5.41) is 30.4. The van der Waals surface area contributed by atoms with Gasteiger partial charge in [0.25, 0.3) is 0 Å². The van der Waals surface area contributed by atoms with Gasteiger partial charge in [0.1, 0.15) is 17.8 Å². The Balaban J connectivity index is 3.36. The van der Waals surface area contributed by atoms with Gasteiger partial charge in [-0.1, -0.05) is 0 Å². The van der Waals surface area contributed by atoms with Crippen LogP contribution in [0.5, 0.6) is 5.75 Å². The van der Waals surface area contributed by atoms with Gasteiger partial charge in [-0.15, -0.1) is 13.2 Å². The summed E-state index contributed by atoms with van der Waals surface area (Å²) in [7, 11) is 0. The number of alkyl halides is 3. The van der Waals surface area contributed by atoms with E-state index in [1.165, 1.54) is 12.1 Å². The molecule has 0 bridgehead atoms. The molecule has 0 aliphatic rings. The molecule has 1 aromatic carbocycles. The van der Waals surface area contributed by atoms with Gasteiger partial charge in [-0.3, -0.25) is 15.5 Å². The summed E-state index contributed by atoms with van der Waals surface area (Å²) < 4.78 is 53.8. The largest absolute Gasteiger partial charge is 0.573 e. The number of rotatable bonds is 4. The number of nitrogens with zero attached hydrogens (tertiary/aromatic N) is 4. The molecule has 0 atom stereocenters. The van der Waals surface area contributed by atoms with Crippen molar-refractivity contribution in [1.29, 1.82) is 10.5 Å². The SMILES string of the molecule is N#CC(C#N)=NNc1ccc([N+](=O)[O-])c(F)c1OC(F)(F)F. The van der Waals surface area contributed by atoms with Crippen molar-refractivity contribution in [3.63, 3.8) is 0 Å². The van der Waals surface area contributed by atoms with Gasteiger partial charge >= 0.3 is 12.0 Å². The van der Waals surface area contributed by atoms with Gasteiger partial charge in [0, 0.05) is 6.07 Å². The fourth-order valence-corrected chi connectivity index (χ4v) is 1.18. The van der Waals surface area contributed by atoms with E-state index in [2.05, 4.69) is 9.84 Å². The van der Waals surface area contributed by atoms with Crippen molar-refractivity contribution in [2.45, 2.75) is 6.36 Å². The quantitative estimate of drug-likeness (QED) is 0.393. The minimum atomic E-state index is -5.33. The molecule has 12 heteroatoms. The normalized spacial score (nSPS) is 10.1. The molecule has 0 saturated carbocycles. The molecule has 1 aromatic rings. The van der Waals surface area contributed by atoms with E-state index < -0.39 is 39.9 Å². The second-order valence-electron chi connectivity index (χ2n) is 3.38. The summed E-state index contributed by atoms with van der Waals surface area (Å²) in [6.45, 7) is 0. The van der Waals surface area contributed by atoms with Crippen LogP contribution in [-0.2, 0) is 0 Å². The van der Waals surface area contributed by atoms with Crippen molar-refractivity contribution in [1.82, 2.24) is 0 Å². The van der Waals surface area contributed by atoms with Gasteiger partial charge < -0.3 is 4.74 Å². The zero-order valence-electron chi connectivity index (χ0n) is 10.2. The lowest BCUT2D eigenvalue weighted by molar-refractivity contribution is -0.387. The molecule has 114 valence electrons. The fourth-order valence-electron chi connectivity index (χ4n) is 1.18. The summed E-state index contributed by atoms with van der Waals surface area (Å²) in [6, 6.07) is 3.83. The Morgan fingerprint density at radius 1 is 1.36 bits per heavy atom. The number of hydrogen-bond acceptors (Lipinski definition) is 7. The Morgan fingerprint density at radius 3 is 2.41 bits per heavy atom. The fraction of sp³-hybridized carbons (Fsp3) is 0.100. The minimum Gasteiger partial charge on any atom is -0.400 e. The van der Waals surface area contributed by atoms with Crippen molar-refractivity contribution in [3.8, 4) is 17.9 Å². The average molecular weight is 317 g/mol. The number of nitriles is 2. The lowest BCUT2D eigenvalue weighted by Gasteiger charge is -2.13. The van der Waals surface area contributed by atoms with Crippen LogP contribution in [0, 0.1) is 38.6 Å². The first-order valence-corrected chi connectivity index (χ1v) is 5.06. The van der Waals surface area contributed by atoms with E-state index in [-0.39, 0.29) is 0 Å². The smallest absolute Gasteiger partial charge is 0.400 e.